The van der Waals surface area contributed by atoms with Crippen LogP contribution in [0.4, 0.5) is 17.1 Å². The highest BCUT2D eigenvalue weighted by Crippen LogP contribution is 2.44. The standard InChI is InChI=1S/C30H27N3Si/c1-31-19-20-33-25-17-18-28-30(24(25)21-29(31)33)32(2)26-15-9-10-16-27(26)34(28,22-11-5-3-6-12-22)23-13-7-4-8-14-23/h3-20,29H,21H2,1-2H3. The number of para-hydroxylation sites is 1. The Bertz CT molecular complexity index is 1390. The number of benzene rings is 4. The van der Waals surface area contributed by atoms with Crippen LogP contribution in [-0.4, -0.2) is 33.2 Å². The normalized spacial score (nSPS) is 19.0. The molecule has 0 amide bonds. The van der Waals surface area contributed by atoms with Crippen LogP contribution in [0.5, 0.6) is 0 Å². The van der Waals surface area contributed by atoms with E-state index in [1.54, 1.807) is 0 Å². The second-order valence-electron chi connectivity index (χ2n) is 9.57. The molecule has 0 saturated carbocycles. The van der Waals surface area contributed by atoms with Crippen LogP contribution in [0, 0.1) is 0 Å². The highest BCUT2D eigenvalue weighted by Gasteiger charge is 2.50. The van der Waals surface area contributed by atoms with Gasteiger partial charge in [0.1, 0.15) is 6.17 Å². The number of fused-ring (bicyclic) bond motifs is 6. The van der Waals surface area contributed by atoms with E-state index >= 15 is 0 Å². The van der Waals surface area contributed by atoms with Gasteiger partial charge >= 0.3 is 0 Å². The van der Waals surface area contributed by atoms with Gasteiger partial charge < -0.3 is 14.7 Å². The van der Waals surface area contributed by atoms with Crippen LogP contribution in [0.1, 0.15) is 5.56 Å². The lowest BCUT2D eigenvalue weighted by Gasteiger charge is -2.44. The lowest BCUT2D eigenvalue weighted by atomic mass is 10.1. The molecular formula is C30H27N3Si. The first kappa shape index (κ1) is 19.7. The van der Waals surface area contributed by atoms with E-state index < -0.39 is 8.07 Å². The Labute approximate surface area is 202 Å². The van der Waals surface area contributed by atoms with Gasteiger partial charge in [-0.15, -0.1) is 0 Å². The summed E-state index contributed by atoms with van der Waals surface area (Å²) in [6.45, 7) is 0. The highest BCUT2D eigenvalue weighted by molar-refractivity contribution is 7.21. The molecule has 0 aromatic heterocycles. The van der Waals surface area contributed by atoms with Gasteiger partial charge in [-0.05, 0) is 32.9 Å². The summed E-state index contributed by atoms with van der Waals surface area (Å²) in [5.74, 6) is 0. The summed E-state index contributed by atoms with van der Waals surface area (Å²) in [5, 5.41) is 5.85. The minimum Gasteiger partial charge on any atom is -0.358 e. The van der Waals surface area contributed by atoms with E-state index in [4.69, 9.17) is 0 Å². The molecule has 0 radical (unpaired) electrons. The maximum Gasteiger partial charge on any atom is 0.184 e. The summed E-state index contributed by atoms with van der Waals surface area (Å²) < 4.78 is 0. The molecule has 0 fully saturated rings. The zero-order chi connectivity index (χ0) is 22.9. The first-order valence-electron chi connectivity index (χ1n) is 12.0. The van der Waals surface area contributed by atoms with E-state index in [1.807, 2.05) is 0 Å². The molecular weight excluding hydrogens is 430 g/mol. The van der Waals surface area contributed by atoms with E-state index in [-0.39, 0.29) is 0 Å². The molecule has 34 heavy (non-hydrogen) atoms. The van der Waals surface area contributed by atoms with Gasteiger partial charge in [-0.2, -0.15) is 0 Å². The summed E-state index contributed by atoms with van der Waals surface area (Å²) in [6, 6.07) is 36.4. The Balaban J connectivity index is 1.61. The van der Waals surface area contributed by atoms with E-state index in [2.05, 4.69) is 138 Å². The first-order valence-corrected chi connectivity index (χ1v) is 14.0. The molecule has 3 aliphatic rings. The molecule has 4 aromatic carbocycles. The molecule has 3 heterocycles. The lowest BCUT2D eigenvalue weighted by Crippen LogP contribution is -2.77. The minimum absolute atomic E-state index is 0.372. The fourth-order valence-electron chi connectivity index (χ4n) is 6.51. The molecule has 0 saturated heterocycles. The van der Waals surface area contributed by atoms with Crippen molar-refractivity contribution in [3.05, 3.63) is 115 Å². The number of hydrogen-bond donors (Lipinski definition) is 0. The van der Waals surface area contributed by atoms with Gasteiger partial charge in [-0.1, -0.05) is 84.9 Å². The molecule has 4 heteroatoms. The Kier molecular flexibility index (Phi) is 4.12. The largest absolute Gasteiger partial charge is 0.358 e. The van der Waals surface area contributed by atoms with Crippen molar-refractivity contribution in [3.63, 3.8) is 0 Å². The molecule has 0 spiro atoms. The van der Waals surface area contributed by atoms with Crippen LogP contribution in [0.2, 0.25) is 0 Å². The second-order valence-corrected chi connectivity index (χ2v) is 13.3. The quantitative estimate of drug-likeness (QED) is 0.428. The third-order valence-electron chi connectivity index (χ3n) is 8.00. The highest BCUT2D eigenvalue weighted by atomic mass is 28.3. The van der Waals surface area contributed by atoms with Crippen LogP contribution >= 0.6 is 0 Å². The molecule has 166 valence electrons. The van der Waals surface area contributed by atoms with Crippen molar-refractivity contribution >= 4 is 45.9 Å². The fourth-order valence-corrected chi connectivity index (χ4v) is 11.7. The van der Waals surface area contributed by atoms with Gasteiger partial charge in [0.05, 0.1) is 0 Å². The molecule has 0 N–H and O–H groups in total. The topological polar surface area (TPSA) is 9.72 Å². The lowest BCUT2D eigenvalue weighted by molar-refractivity contribution is 0.369. The number of rotatable bonds is 2. The monoisotopic (exact) mass is 457 g/mol. The number of nitrogens with zero attached hydrogens (tertiary/aromatic N) is 3. The van der Waals surface area contributed by atoms with Gasteiger partial charge in [0.15, 0.2) is 8.07 Å². The summed E-state index contributed by atoms with van der Waals surface area (Å²) >= 11 is 0. The van der Waals surface area contributed by atoms with Crippen molar-refractivity contribution in [1.82, 2.24) is 4.90 Å². The molecule has 3 aliphatic heterocycles. The molecule has 1 atom stereocenters. The fraction of sp³-hybridized carbons (Fsp3) is 0.133. The average Bonchev–Trinajstić information content (AvgIpc) is 3.45. The SMILES string of the molecule is CN1c2ccccc2[Si](c2ccccc2)(c2ccccc2)c2ccc3c(c21)CC1N(C)C=CN31. The molecule has 0 aliphatic carbocycles. The third kappa shape index (κ3) is 2.41. The molecule has 1 unspecified atom stereocenters. The van der Waals surface area contributed by atoms with Crippen molar-refractivity contribution in [2.75, 3.05) is 23.9 Å². The van der Waals surface area contributed by atoms with E-state index in [1.165, 1.54) is 43.4 Å². The van der Waals surface area contributed by atoms with E-state index in [0.29, 0.717) is 6.17 Å². The molecule has 7 rings (SSSR count). The number of hydrogen-bond acceptors (Lipinski definition) is 3. The van der Waals surface area contributed by atoms with Crippen LogP contribution in [0.25, 0.3) is 0 Å². The summed E-state index contributed by atoms with van der Waals surface area (Å²) in [4.78, 5) is 7.24. The van der Waals surface area contributed by atoms with Gasteiger partial charge in [-0.25, -0.2) is 0 Å². The van der Waals surface area contributed by atoms with Gasteiger partial charge in [0.25, 0.3) is 0 Å². The van der Waals surface area contributed by atoms with E-state index in [9.17, 15) is 0 Å². The van der Waals surface area contributed by atoms with Crippen molar-refractivity contribution in [2.24, 2.45) is 0 Å². The zero-order valence-electron chi connectivity index (χ0n) is 19.5. The minimum atomic E-state index is -2.51. The van der Waals surface area contributed by atoms with Gasteiger partial charge in [0.2, 0.25) is 0 Å². The Morgan fingerprint density at radius 2 is 1.29 bits per heavy atom. The molecule has 3 nitrogen and oxygen atoms in total. The maximum absolute atomic E-state index is 2.51. The Morgan fingerprint density at radius 1 is 0.647 bits per heavy atom. The van der Waals surface area contributed by atoms with Crippen molar-refractivity contribution in [2.45, 2.75) is 12.6 Å². The summed E-state index contributed by atoms with van der Waals surface area (Å²) in [6.07, 6.45) is 5.83. The van der Waals surface area contributed by atoms with Crippen LogP contribution in [0.15, 0.2) is 109 Å². The van der Waals surface area contributed by atoms with Crippen LogP contribution < -0.4 is 30.5 Å². The second kappa shape index (κ2) is 7.12. The smallest absolute Gasteiger partial charge is 0.184 e. The average molecular weight is 458 g/mol. The number of likely N-dealkylation sites (N-methyl/N-ethyl adjacent to an activating group) is 1. The van der Waals surface area contributed by atoms with Gasteiger partial charge in [0, 0.05) is 55.5 Å². The predicted molar refractivity (Wildman–Crippen MR) is 145 cm³/mol. The Hall–Kier alpha value is -3.76. The van der Waals surface area contributed by atoms with Crippen molar-refractivity contribution in [3.8, 4) is 0 Å². The van der Waals surface area contributed by atoms with E-state index in [0.717, 1.165) is 6.42 Å². The summed E-state index contributed by atoms with van der Waals surface area (Å²) in [5.41, 5.74) is 5.56. The zero-order valence-corrected chi connectivity index (χ0v) is 20.5. The van der Waals surface area contributed by atoms with Crippen LogP contribution in [-0.2, 0) is 6.42 Å². The summed E-state index contributed by atoms with van der Waals surface area (Å²) in [7, 11) is 1.94. The van der Waals surface area contributed by atoms with Crippen molar-refractivity contribution < 1.29 is 0 Å². The third-order valence-corrected chi connectivity index (χ3v) is 12.8. The van der Waals surface area contributed by atoms with Crippen molar-refractivity contribution in [1.29, 1.82) is 0 Å². The van der Waals surface area contributed by atoms with Crippen LogP contribution in [0.3, 0.4) is 0 Å². The number of anilines is 3. The van der Waals surface area contributed by atoms with Gasteiger partial charge in [-0.3, -0.25) is 0 Å². The first-order chi connectivity index (χ1) is 16.7. The molecule has 0 bridgehead atoms. The maximum atomic E-state index is 2.46. The molecule has 4 aromatic rings. The Morgan fingerprint density at radius 3 is 2.00 bits per heavy atom. The predicted octanol–water partition coefficient (Wildman–Crippen LogP) is 3.25.